The van der Waals surface area contributed by atoms with Crippen LogP contribution in [0.1, 0.15) is 27.0 Å². The van der Waals surface area contributed by atoms with Crippen molar-refractivity contribution < 1.29 is 14.7 Å². The topological polar surface area (TPSA) is 70.5 Å². The molecule has 0 saturated carbocycles. The van der Waals surface area contributed by atoms with Gasteiger partial charge in [0.1, 0.15) is 5.69 Å². The fourth-order valence-electron chi connectivity index (χ4n) is 2.88. The normalized spacial score (nSPS) is 21.0. The van der Waals surface area contributed by atoms with Gasteiger partial charge in [0.15, 0.2) is 0 Å². The van der Waals surface area contributed by atoms with E-state index in [1.165, 1.54) is 11.3 Å². The Morgan fingerprint density at radius 3 is 2.59 bits per heavy atom. The van der Waals surface area contributed by atoms with Crippen molar-refractivity contribution in [1.29, 1.82) is 0 Å². The second-order valence-electron chi connectivity index (χ2n) is 5.42. The number of aromatic nitrogens is 1. The molecule has 2 atom stereocenters. The highest BCUT2D eigenvalue weighted by molar-refractivity contribution is 7.09. The van der Waals surface area contributed by atoms with Crippen LogP contribution in [0.25, 0.3) is 0 Å². The first-order valence-corrected chi connectivity index (χ1v) is 7.93. The number of nitrogens with zero attached hydrogens (tertiary/aromatic N) is 2. The highest BCUT2D eigenvalue weighted by atomic mass is 32.1. The van der Waals surface area contributed by atoms with Crippen molar-refractivity contribution in [2.75, 3.05) is 13.1 Å². The molecule has 1 aromatic heterocycles. The molecule has 2 aromatic rings. The second-order valence-corrected chi connectivity index (χ2v) is 6.49. The zero-order valence-electron chi connectivity index (χ0n) is 12.1. The zero-order valence-corrected chi connectivity index (χ0v) is 12.9. The van der Waals surface area contributed by atoms with E-state index in [-0.39, 0.29) is 18.4 Å². The quantitative estimate of drug-likeness (QED) is 0.944. The van der Waals surface area contributed by atoms with Gasteiger partial charge in [-0.05, 0) is 12.5 Å². The Bertz CT molecular complexity index is 698. The highest BCUT2D eigenvalue weighted by Gasteiger charge is 2.40. The fraction of sp³-hybridized carbons (Fsp3) is 0.312. The van der Waals surface area contributed by atoms with E-state index in [0.29, 0.717) is 12.2 Å². The number of likely N-dealkylation sites (tertiary alicyclic amines) is 1. The number of benzene rings is 1. The first-order chi connectivity index (χ1) is 10.6. The molecule has 0 radical (unpaired) electrons. The molecule has 0 aliphatic carbocycles. The standard InChI is InChI=1S/C16H16N2O3S/c1-10-17-14(9-22-10)15(19)18-7-12(13(8-18)16(20)21)11-5-3-2-4-6-11/h2-6,9,12-13H,7-8H2,1H3,(H,20,21)/t12-,13+/m0/s1. The SMILES string of the molecule is Cc1nc(C(=O)N2C[C@@H](C(=O)O)[C@H](c3ccccc3)C2)cs1. The summed E-state index contributed by atoms with van der Waals surface area (Å²) in [6.45, 7) is 2.49. The van der Waals surface area contributed by atoms with Crippen LogP contribution < -0.4 is 0 Å². The molecule has 1 saturated heterocycles. The number of carboxylic acids is 1. The number of thiazole rings is 1. The van der Waals surface area contributed by atoms with E-state index in [0.717, 1.165) is 10.6 Å². The summed E-state index contributed by atoms with van der Waals surface area (Å²) in [5.74, 6) is -1.80. The van der Waals surface area contributed by atoms with E-state index in [4.69, 9.17) is 0 Å². The van der Waals surface area contributed by atoms with Crippen molar-refractivity contribution in [3.63, 3.8) is 0 Å². The minimum absolute atomic E-state index is 0.178. The maximum atomic E-state index is 12.5. The molecule has 114 valence electrons. The van der Waals surface area contributed by atoms with Crippen molar-refractivity contribution in [2.45, 2.75) is 12.8 Å². The van der Waals surface area contributed by atoms with Crippen LogP contribution in [0.2, 0.25) is 0 Å². The second kappa shape index (κ2) is 5.88. The number of aryl methyl sites for hydroxylation is 1. The van der Waals surface area contributed by atoms with Gasteiger partial charge in [0.2, 0.25) is 0 Å². The van der Waals surface area contributed by atoms with Gasteiger partial charge in [0.25, 0.3) is 5.91 Å². The van der Waals surface area contributed by atoms with E-state index >= 15 is 0 Å². The van der Waals surface area contributed by atoms with Crippen molar-refractivity contribution >= 4 is 23.2 Å². The molecule has 0 bridgehead atoms. The van der Waals surface area contributed by atoms with Crippen LogP contribution in [-0.4, -0.2) is 40.0 Å². The maximum Gasteiger partial charge on any atom is 0.308 e. The Balaban J connectivity index is 1.84. The van der Waals surface area contributed by atoms with Crippen LogP contribution >= 0.6 is 11.3 Å². The average molecular weight is 316 g/mol. The van der Waals surface area contributed by atoms with Gasteiger partial charge in [-0.25, -0.2) is 4.98 Å². The summed E-state index contributed by atoms with van der Waals surface area (Å²) in [6, 6.07) is 9.52. The molecular weight excluding hydrogens is 300 g/mol. The Morgan fingerprint density at radius 2 is 2.00 bits per heavy atom. The van der Waals surface area contributed by atoms with Crippen LogP contribution in [0.15, 0.2) is 35.7 Å². The lowest BCUT2D eigenvalue weighted by atomic mass is 9.89. The lowest BCUT2D eigenvalue weighted by Gasteiger charge is -2.15. The summed E-state index contributed by atoms with van der Waals surface area (Å²) < 4.78 is 0. The fourth-order valence-corrected chi connectivity index (χ4v) is 3.47. The average Bonchev–Trinajstić information content (AvgIpc) is 3.14. The summed E-state index contributed by atoms with van der Waals surface area (Å²) >= 11 is 1.42. The number of amides is 1. The lowest BCUT2D eigenvalue weighted by Crippen LogP contribution is -2.30. The molecule has 2 heterocycles. The summed E-state index contributed by atoms with van der Waals surface area (Å²) in [5.41, 5.74) is 1.36. The summed E-state index contributed by atoms with van der Waals surface area (Å²) in [5, 5.41) is 12.0. The molecule has 1 fully saturated rings. The number of hydrogen-bond donors (Lipinski definition) is 1. The molecule has 1 amide bonds. The van der Waals surface area contributed by atoms with Crippen molar-refractivity contribution in [3.8, 4) is 0 Å². The van der Waals surface area contributed by atoms with Crippen molar-refractivity contribution in [2.24, 2.45) is 5.92 Å². The predicted octanol–water partition coefficient (Wildman–Crippen LogP) is 2.39. The van der Waals surface area contributed by atoms with Gasteiger partial charge < -0.3 is 10.0 Å². The molecule has 1 N–H and O–H groups in total. The Morgan fingerprint density at radius 1 is 1.27 bits per heavy atom. The van der Waals surface area contributed by atoms with Crippen LogP contribution in [-0.2, 0) is 4.79 Å². The van der Waals surface area contributed by atoms with Gasteiger partial charge in [0, 0.05) is 24.4 Å². The first-order valence-electron chi connectivity index (χ1n) is 7.05. The third-order valence-corrected chi connectivity index (χ3v) is 4.76. The largest absolute Gasteiger partial charge is 0.481 e. The van der Waals surface area contributed by atoms with Crippen molar-refractivity contribution in [1.82, 2.24) is 9.88 Å². The van der Waals surface area contributed by atoms with E-state index < -0.39 is 11.9 Å². The molecule has 1 aliphatic rings. The molecular formula is C16H16N2O3S. The number of carbonyl (C=O) groups is 2. The Kier molecular flexibility index (Phi) is 3.94. The minimum Gasteiger partial charge on any atom is -0.481 e. The number of aliphatic carboxylic acids is 1. The van der Waals surface area contributed by atoms with Gasteiger partial charge in [0.05, 0.1) is 10.9 Å². The van der Waals surface area contributed by atoms with Gasteiger partial charge in [-0.15, -0.1) is 11.3 Å². The maximum absolute atomic E-state index is 12.5. The number of carbonyl (C=O) groups excluding carboxylic acids is 1. The van der Waals surface area contributed by atoms with Crippen LogP contribution in [0.4, 0.5) is 0 Å². The summed E-state index contributed by atoms with van der Waals surface area (Å²) in [4.78, 5) is 29.8. The Labute approximate surface area is 132 Å². The van der Waals surface area contributed by atoms with Crippen molar-refractivity contribution in [3.05, 3.63) is 52.0 Å². The predicted molar refractivity (Wildman–Crippen MR) is 83.1 cm³/mol. The molecule has 0 spiro atoms. The lowest BCUT2D eigenvalue weighted by molar-refractivity contribution is -0.141. The number of carboxylic acid groups (broad SMARTS) is 1. The monoisotopic (exact) mass is 316 g/mol. The van der Waals surface area contributed by atoms with E-state index in [9.17, 15) is 14.7 Å². The molecule has 1 aliphatic heterocycles. The molecule has 0 unspecified atom stereocenters. The van der Waals surface area contributed by atoms with Gasteiger partial charge in [-0.1, -0.05) is 30.3 Å². The van der Waals surface area contributed by atoms with E-state index in [2.05, 4.69) is 4.98 Å². The third kappa shape index (κ3) is 2.74. The molecule has 5 nitrogen and oxygen atoms in total. The highest BCUT2D eigenvalue weighted by Crippen LogP contribution is 2.33. The van der Waals surface area contributed by atoms with Gasteiger partial charge in [-0.2, -0.15) is 0 Å². The first kappa shape index (κ1) is 14.7. The number of hydrogen-bond acceptors (Lipinski definition) is 4. The summed E-state index contributed by atoms with van der Waals surface area (Å²) in [6.07, 6.45) is 0. The van der Waals surface area contributed by atoms with E-state index in [1.54, 1.807) is 10.3 Å². The molecule has 22 heavy (non-hydrogen) atoms. The number of rotatable bonds is 3. The van der Waals surface area contributed by atoms with E-state index in [1.807, 2.05) is 37.3 Å². The third-order valence-electron chi connectivity index (χ3n) is 3.99. The van der Waals surface area contributed by atoms with Crippen LogP contribution in [0.3, 0.4) is 0 Å². The minimum atomic E-state index is -0.862. The summed E-state index contributed by atoms with van der Waals surface area (Å²) in [7, 11) is 0. The van der Waals surface area contributed by atoms with Crippen LogP contribution in [0, 0.1) is 12.8 Å². The molecule has 6 heteroatoms. The molecule has 3 rings (SSSR count). The molecule has 1 aromatic carbocycles. The smallest absolute Gasteiger partial charge is 0.308 e. The van der Waals surface area contributed by atoms with Gasteiger partial charge in [-0.3, -0.25) is 9.59 Å². The zero-order chi connectivity index (χ0) is 15.7. The Hall–Kier alpha value is -2.21. The van der Waals surface area contributed by atoms with Gasteiger partial charge >= 0.3 is 5.97 Å². The van der Waals surface area contributed by atoms with Crippen LogP contribution in [0.5, 0.6) is 0 Å².